The summed E-state index contributed by atoms with van der Waals surface area (Å²) in [6.07, 6.45) is 2.48. The quantitative estimate of drug-likeness (QED) is 0.748. The standard InChI is InChI=1S/C15H17NO4/c16-11(12(17)18)5-9-1-3-10(4-2-9)14-6-15(7-14,8-14)13(19)20/h1-4,11H,5-8,16H2,(H,17,18)(H,19,20). The molecule has 0 radical (unpaired) electrons. The van der Waals surface area contributed by atoms with Crippen LogP contribution in [0.5, 0.6) is 0 Å². The van der Waals surface area contributed by atoms with E-state index in [1.54, 1.807) is 0 Å². The van der Waals surface area contributed by atoms with Crippen LogP contribution in [0.25, 0.3) is 0 Å². The van der Waals surface area contributed by atoms with Gasteiger partial charge in [0.05, 0.1) is 5.41 Å². The first kappa shape index (κ1) is 13.1. The van der Waals surface area contributed by atoms with Crippen LogP contribution < -0.4 is 5.73 Å². The second-order valence-electron chi connectivity index (χ2n) is 6.24. The van der Waals surface area contributed by atoms with Gasteiger partial charge in [-0.2, -0.15) is 0 Å². The first-order valence-electron chi connectivity index (χ1n) is 6.68. The van der Waals surface area contributed by atoms with Gasteiger partial charge in [0.2, 0.25) is 0 Å². The average molecular weight is 275 g/mol. The summed E-state index contributed by atoms with van der Waals surface area (Å²) >= 11 is 0. The molecule has 3 aliphatic rings. The lowest BCUT2D eigenvalue weighted by atomic mass is 9.33. The molecule has 1 aromatic rings. The third kappa shape index (κ3) is 1.73. The largest absolute Gasteiger partial charge is 0.481 e. The Morgan fingerprint density at radius 2 is 1.70 bits per heavy atom. The fraction of sp³-hybridized carbons (Fsp3) is 0.467. The smallest absolute Gasteiger partial charge is 0.320 e. The van der Waals surface area contributed by atoms with Crippen LogP contribution in [0.3, 0.4) is 0 Å². The molecule has 5 heteroatoms. The Hall–Kier alpha value is -1.88. The number of carbonyl (C=O) groups is 2. The molecule has 5 nitrogen and oxygen atoms in total. The van der Waals surface area contributed by atoms with E-state index in [-0.39, 0.29) is 5.41 Å². The third-order valence-electron chi connectivity index (χ3n) is 4.82. The second-order valence-corrected chi connectivity index (χ2v) is 6.24. The summed E-state index contributed by atoms with van der Waals surface area (Å²) in [4.78, 5) is 21.8. The molecule has 0 heterocycles. The highest BCUT2D eigenvalue weighted by Gasteiger charge is 2.72. The number of rotatable bonds is 5. The van der Waals surface area contributed by atoms with Crippen molar-refractivity contribution in [3.8, 4) is 0 Å². The lowest BCUT2D eigenvalue weighted by Gasteiger charge is -2.68. The summed E-state index contributed by atoms with van der Waals surface area (Å²) in [5.74, 6) is -1.68. The van der Waals surface area contributed by atoms with Crippen LogP contribution in [-0.4, -0.2) is 28.2 Å². The lowest BCUT2D eigenvalue weighted by Crippen LogP contribution is -2.67. The van der Waals surface area contributed by atoms with E-state index in [0.29, 0.717) is 6.42 Å². The van der Waals surface area contributed by atoms with E-state index in [1.165, 1.54) is 0 Å². The summed E-state index contributed by atoms with van der Waals surface area (Å²) in [6.45, 7) is 0. The molecule has 0 aliphatic heterocycles. The molecular weight excluding hydrogens is 258 g/mol. The Bertz CT molecular complexity index is 558. The molecule has 3 fully saturated rings. The third-order valence-corrected chi connectivity index (χ3v) is 4.82. The van der Waals surface area contributed by atoms with Crippen molar-refractivity contribution in [3.63, 3.8) is 0 Å². The number of hydrogen-bond donors (Lipinski definition) is 3. The molecular formula is C15H17NO4. The molecule has 0 amide bonds. The minimum Gasteiger partial charge on any atom is -0.481 e. The molecule has 0 spiro atoms. The molecule has 0 saturated heterocycles. The number of nitrogens with two attached hydrogens (primary N) is 1. The highest BCUT2D eigenvalue weighted by Crippen LogP contribution is 2.73. The number of hydrogen-bond acceptors (Lipinski definition) is 3. The first-order valence-corrected chi connectivity index (χ1v) is 6.68. The zero-order chi connectivity index (χ0) is 14.5. The van der Waals surface area contributed by atoms with Gasteiger partial charge < -0.3 is 15.9 Å². The fourth-order valence-corrected chi connectivity index (χ4v) is 3.66. The molecule has 3 aliphatic carbocycles. The molecule has 3 saturated carbocycles. The van der Waals surface area contributed by atoms with Crippen LogP contribution >= 0.6 is 0 Å². The van der Waals surface area contributed by atoms with Crippen molar-refractivity contribution in [1.29, 1.82) is 0 Å². The van der Waals surface area contributed by atoms with E-state index in [2.05, 4.69) is 0 Å². The highest BCUT2D eigenvalue weighted by atomic mass is 16.4. The van der Waals surface area contributed by atoms with E-state index >= 15 is 0 Å². The van der Waals surface area contributed by atoms with Gasteiger partial charge in [0.15, 0.2) is 0 Å². The second kappa shape index (κ2) is 4.06. The van der Waals surface area contributed by atoms with E-state index in [9.17, 15) is 9.59 Å². The van der Waals surface area contributed by atoms with Crippen molar-refractivity contribution >= 4 is 11.9 Å². The van der Waals surface area contributed by atoms with Gasteiger partial charge in [-0.05, 0) is 42.2 Å². The van der Waals surface area contributed by atoms with Crippen molar-refractivity contribution in [3.05, 3.63) is 35.4 Å². The summed E-state index contributed by atoms with van der Waals surface area (Å²) < 4.78 is 0. The fourth-order valence-electron chi connectivity index (χ4n) is 3.66. The monoisotopic (exact) mass is 275 g/mol. The summed E-state index contributed by atoms with van der Waals surface area (Å²) in [5, 5.41) is 17.9. The Morgan fingerprint density at radius 3 is 2.15 bits per heavy atom. The normalized spacial score (nSPS) is 31.9. The van der Waals surface area contributed by atoms with Crippen molar-refractivity contribution in [2.45, 2.75) is 37.1 Å². The molecule has 0 aromatic heterocycles. The Morgan fingerprint density at radius 1 is 1.15 bits per heavy atom. The van der Waals surface area contributed by atoms with E-state index in [1.807, 2.05) is 24.3 Å². The molecule has 4 rings (SSSR count). The van der Waals surface area contributed by atoms with Crippen LogP contribution in [0, 0.1) is 5.41 Å². The molecule has 1 atom stereocenters. The minimum atomic E-state index is -1.00. The maximum absolute atomic E-state index is 11.1. The maximum atomic E-state index is 11.1. The Balaban J connectivity index is 1.67. The van der Waals surface area contributed by atoms with Gasteiger partial charge in [0, 0.05) is 0 Å². The van der Waals surface area contributed by atoms with Crippen LogP contribution in [0.2, 0.25) is 0 Å². The van der Waals surface area contributed by atoms with Crippen molar-refractivity contribution in [1.82, 2.24) is 0 Å². The molecule has 20 heavy (non-hydrogen) atoms. The zero-order valence-electron chi connectivity index (χ0n) is 11.0. The van der Waals surface area contributed by atoms with Crippen LogP contribution in [-0.2, 0) is 21.4 Å². The summed E-state index contributed by atoms with van der Waals surface area (Å²) in [6, 6.07) is 6.87. The van der Waals surface area contributed by atoms with E-state index in [4.69, 9.17) is 15.9 Å². The molecule has 106 valence electrons. The van der Waals surface area contributed by atoms with Gasteiger partial charge in [-0.15, -0.1) is 0 Å². The topological polar surface area (TPSA) is 101 Å². The Kier molecular flexibility index (Phi) is 2.66. The predicted molar refractivity (Wildman–Crippen MR) is 71.4 cm³/mol. The predicted octanol–water partition coefficient (Wildman–Crippen LogP) is 1.15. The first-order chi connectivity index (χ1) is 9.37. The van der Waals surface area contributed by atoms with Crippen molar-refractivity contribution in [2.75, 3.05) is 0 Å². The summed E-state index contributed by atoms with van der Waals surface area (Å²) in [5.41, 5.74) is 7.14. The number of carboxylic acid groups (broad SMARTS) is 2. The SMILES string of the molecule is NC(Cc1ccc(C23CC(C(=O)O)(C2)C3)cc1)C(=O)O. The number of aliphatic carboxylic acids is 2. The summed E-state index contributed by atoms with van der Waals surface area (Å²) in [7, 11) is 0. The van der Waals surface area contributed by atoms with Gasteiger partial charge in [-0.1, -0.05) is 24.3 Å². The Labute approximate surface area is 116 Å². The molecule has 4 N–H and O–H groups in total. The van der Waals surface area contributed by atoms with Gasteiger partial charge in [0.25, 0.3) is 0 Å². The van der Waals surface area contributed by atoms with Gasteiger partial charge in [-0.25, -0.2) is 0 Å². The van der Waals surface area contributed by atoms with Crippen LogP contribution in [0.1, 0.15) is 30.4 Å². The molecule has 2 bridgehead atoms. The highest BCUT2D eigenvalue weighted by molar-refractivity contribution is 5.81. The zero-order valence-corrected chi connectivity index (χ0v) is 11.0. The van der Waals surface area contributed by atoms with E-state index in [0.717, 1.165) is 30.4 Å². The number of benzene rings is 1. The van der Waals surface area contributed by atoms with Gasteiger partial charge in [-0.3, -0.25) is 9.59 Å². The van der Waals surface area contributed by atoms with Crippen LogP contribution in [0.15, 0.2) is 24.3 Å². The van der Waals surface area contributed by atoms with Crippen LogP contribution in [0.4, 0.5) is 0 Å². The van der Waals surface area contributed by atoms with E-state index < -0.39 is 23.4 Å². The maximum Gasteiger partial charge on any atom is 0.320 e. The van der Waals surface area contributed by atoms with Crippen molar-refractivity contribution in [2.24, 2.45) is 11.1 Å². The average Bonchev–Trinajstić information content (AvgIpc) is 2.27. The lowest BCUT2D eigenvalue weighted by molar-refractivity contribution is -0.194. The van der Waals surface area contributed by atoms with Crippen molar-refractivity contribution < 1.29 is 19.8 Å². The molecule has 1 unspecified atom stereocenters. The molecule has 1 aromatic carbocycles. The number of carboxylic acids is 2. The minimum absolute atomic E-state index is 0.0475. The van der Waals surface area contributed by atoms with Gasteiger partial charge >= 0.3 is 11.9 Å². The van der Waals surface area contributed by atoms with Gasteiger partial charge in [0.1, 0.15) is 6.04 Å².